The molecule has 1 N–H and O–H groups in total. The van der Waals surface area contributed by atoms with Crippen molar-refractivity contribution in [3.05, 3.63) is 29.8 Å². The zero-order chi connectivity index (χ0) is 14.0. The minimum absolute atomic E-state index is 0.477. The van der Waals surface area contributed by atoms with Gasteiger partial charge in [-0.1, -0.05) is 31.9 Å². The molecule has 0 bridgehead atoms. The van der Waals surface area contributed by atoms with Gasteiger partial charge < -0.3 is 14.8 Å². The van der Waals surface area contributed by atoms with Gasteiger partial charge in [-0.2, -0.15) is 0 Å². The van der Waals surface area contributed by atoms with Crippen molar-refractivity contribution in [2.45, 2.75) is 51.7 Å². The van der Waals surface area contributed by atoms with E-state index in [9.17, 15) is 0 Å². The van der Waals surface area contributed by atoms with Crippen LogP contribution < -0.4 is 10.1 Å². The van der Waals surface area contributed by atoms with Crippen LogP contribution in [0.1, 0.15) is 44.6 Å². The van der Waals surface area contributed by atoms with Gasteiger partial charge in [0.15, 0.2) is 0 Å². The first-order valence-electron chi connectivity index (χ1n) is 7.92. The van der Waals surface area contributed by atoms with Crippen molar-refractivity contribution in [3.8, 4) is 5.75 Å². The summed E-state index contributed by atoms with van der Waals surface area (Å²) in [4.78, 5) is 0. The molecule has 0 radical (unpaired) electrons. The highest BCUT2D eigenvalue weighted by Gasteiger charge is 2.14. The highest BCUT2D eigenvalue weighted by Crippen LogP contribution is 2.20. The van der Waals surface area contributed by atoms with E-state index >= 15 is 0 Å². The third-order valence-corrected chi connectivity index (χ3v) is 3.69. The molecule has 0 heterocycles. The molecule has 0 saturated heterocycles. The molecule has 1 fully saturated rings. The maximum absolute atomic E-state index is 5.78. The Labute approximate surface area is 122 Å². The standard InChI is InChI=1S/C17H27NO2/c1-2-11-18-14-15-7-9-17(10-8-15)20-13-12-19-16-5-3-4-6-16/h7-10,16,18H,2-6,11-14H2,1H3. The average molecular weight is 277 g/mol. The van der Waals surface area contributed by atoms with Crippen LogP contribution >= 0.6 is 0 Å². The summed E-state index contributed by atoms with van der Waals surface area (Å²) in [6, 6.07) is 8.32. The van der Waals surface area contributed by atoms with Gasteiger partial charge in [-0.25, -0.2) is 0 Å². The van der Waals surface area contributed by atoms with Crippen molar-refractivity contribution in [1.82, 2.24) is 5.32 Å². The van der Waals surface area contributed by atoms with Crippen LogP contribution in [0.15, 0.2) is 24.3 Å². The fourth-order valence-electron chi connectivity index (χ4n) is 2.54. The van der Waals surface area contributed by atoms with E-state index in [4.69, 9.17) is 9.47 Å². The lowest BCUT2D eigenvalue weighted by Crippen LogP contribution is -2.14. The van der Waals surface area contributed by atoms with E-state index in [0.717, 1.165) is 18.8 Å². The topological polar surface area (TPSA) is 30.5 Å². The summed E-state index contributed by atoms with van der Waals surface area (Å²) >= 11 is 0. The van der Waals surface area contributed by atoms with Crippen LogP contribution in [-0.4, -0.2) is 25.9 Å². The summed E-state index contributed by atoms with van der Waals surface area (Å²) in [5.74, 6) is 0.930. The fourth-order valence-corrected chi connectivity index (χ4v) is 2.54. The van der Waals surface area contributed by atoms with E-state index in [1.54, 1.807) is 0 Å². The molecule has 0 amide bonds. The van der Waals surface area contributed by atoms with Crippen LogP contribution in [0.2, 0.25) is 0 Å². The lowest BCUT2D eigenvalue weighted by atomic mass is 10.2. The van der Waals surface area contributed by atoms with Crippen LogP contribution in [0, 0.1) is 0 Å². The number of hydrogen-bond donors (Lipinski definition) is 1. The third-order valence-electron chi connectivity index (χ3n) is 3.69. The van der Waals surface area contributed by atoms with E-state index < -0.39 is 0 Å². The molecule has 0 spiro atoms. The summed E-state index contributed by atoms with van der Waals surface area (Å²) in [6.45, 7) is 5.52. The molecule has 1 aromatic carbocycles. The minimum atomic E-state index is 0.477. The quantitative estimate of drug-likeness (QED) is 0.701. The largest absolute Gasteiger partial charge is 0.491 e. The Kier molecular flexibility index (Phi) is 6.89. The number of nitrogens with one attached hydrogen (secondary N) is 1. The number of ether oxygens (including phenoxy) is 2. The summed E-state index contributed by atoms with van der Waals surface area (Å²) < 4.78 is 11.5. The zero-order valence-electron chi connectivity index (χ0n) is 12.6. The summed E-state index contributed by atoms with van der Waals surface area (Å²) in [5.41, 5.74) is 1.30. The Morgan fingerprint density at radius 2 is 1.85 bits per heavy atom. The van der Waals surface area contributed by atoms with Crippen molar-refractivity contribution < 1.29 is 9.47 Å². The van der Waals surface area contributed by atoms with Crippen LogP contribution in [0.25, 0.3) is 0 Å². The smallest absolute Gasteiger partial charge is 0.119 e. The number of hydrogen-bond acceptors (Lipinski definition) is 3. The molecule has 1 aliphatic rings. The van der Waals surface area contributed by atoms with Crippen LogP contribution in [0.5, 0.6) is 5.75 Å². The Morgan fingerprint density at radius 1 is 1.10 bits per heavy atom. The number of rotatable bonds is 9. The molecule has 3 nitrogen and oxygen atoms in total. The Hall–Kier alpha value is -1.06. The first kappa shape index (κ1) is 15.3. The van der Waals surface area contributed by atoms with E-state index in [1.165, 1.54) is 37.7 Å². The molecule has 20 heavy (non-hydrogen) atoms. The molecule has 0 unspecified atom stereocenters. The fraction of sp³-hybridized carbons (Fsp3) is 0.647. The van der Waals surface area contributed by atoms with Gasteiger partial charge in [-0.3, -0.25) is 0 Å². The lowest BCUT2D eigenvalue weighted by molar-refractivity contribution is 0.0382. The summed E-state index contributed by atoms with van der Waals surface area (Å²) in [6.07, 6.45) is 6.73. The van der Waals surface area contributed by atoms with E-state index in [2.05, 4.69) is 24.4 Å². The van der Waals surface area contributed by atoms with Gasteiger partial charge in [0.1, 0.15) is 12.4 Å². The van der Waals surface area contributed by atoms with Crippen molar-refractivity contribution in [2.75, 3.05) is 19.8 Å². The van der Waals surface area contributed by atoms with Gasteiger partial charge >= 0.3 is 0 Å². The highest BCUT2D eigenvalue weighted by atomic mass is 16.5. The highest BCUT2D eigenvalue weighted by molar-refractivity contribution is 5.27. The van der Waals surface area contributed by atoms with Gasteiger partial charge in [0.25, 0.3) is 0 Å². The second-order valence-corrected chi connectivity index (χ2v) is 5.45. The SMILES string of the molecule is CCCNCc1ccc(OCCOC2CCCC2)cc1. The molecule has 2 rings (SSSR count). The number of benzene rings is 1. The molecule has 1 aromatic rings. The Bertz CT molecular complexity index is 358. The second-order valence-electron chi connectivity index (χ2n) is 5.45. The monoisotopic (exact) mass is 277 g/mol. The molecule has 0 atom stereocenters. The predicted octanol–water partition coefficient (Wildman–Crippen LogP) is 3.52. The average Bonchev–Trinajstić information content (AvgIpc) is 2.99. The molecular weight excluding hydrogens is 250 g/mol. The predicted molar refractivity (Wildman–Crippen MR) is 82.1 cm³/mol. The first-order chi connectivity index (χ1) is 9.88. The van der Waals surface area contributed by atoms with Crippen molar-refractivity contribution >= 4 is 0 Å². The maximum atomic E-state index is 5.78. The second kappa shape index (κ2) is 8.98. The van der Waals surface area contributed by atoms with Crippen LogP contribution in [0.3, 0.4) is 0 Å². The Balaban J connectivity index is 1.60. The maximum Gasteiger partial charge on any atom is 0.119 e. The molecule has 1 aliphatic carbocycles. The Morgan fingerprint density at radius 3 is 2.55 bits per heavy atom. The molecule has 112 valence electrons. The summed E-state index contributed by atoms with van der Waals surface area (Å²) in [5, 5.41) is 3.39. The zero-order valence-corrected chi connectivity index (χ0v) is 12.6. The minimum Gasteiger partial charge on any atom is -0.491 e. The molecule has 0 aromatic heterocycles. The molecule has 0 aliphatic heterocycles. The molecule has 3 heteroatoms. The van der Waals surface area contributed by atoms with E-state index in [1.807, 2.05) is 12.1 Å². The van der Waals surface area contributed by atoms with Crippen molar-refractivity contribution in [1.29, 1.82) is 0 Å². The van der Waals surface area contributed by atoms with Gasteiger partial charge in [-0.05, 0) is 43.5 Å². The van der Waals surface area contributed by atoms with Crippen LogP contribution in [-0.2, 0) is 11.3 Å². The van der Waals surface area contributed by atoms with Gasteiger partial charge in [-0.15, -0.1) is 0 Å². The third kappa shape index (κ3) is 5.51. The summed E-state index contributed by atoms with van der Waals surface area (Å²) in [7, 11) is 0. The van der Waals surface area contributed by atoms with E-state index in [-0.39, 0.29) is 0 Å². The van der Waals surface area contributed by atoms with Crippen molar-refractivity contribution in [3.63, 3.8) is 0 Å². The van der Waals surface area contributed by atoms with Crippen LogP contribution in [0.4, 0.5) is 0 Å². The van der Waals surface area contributed by atoms with Gasteiger partial charge in [0.2, 0.25) is 0 Å². The lowest BCUT2D eigenvalue weighted by Gasteiger charge is -2.12. The first-order valence-corrected chi connectivity index (χ1v) is 7.92. The molecule has 1 saturated carbocycles. The van der Waals surface area contributed by atoms with Gasteiger partial charge in [0.05, 0.1) is 12.7 Å². The van der Waals surface area contributed by atoms with Crippen molar-refractivity contribution in [2.24, 2.45) is 0 Å². The normalized spacial score (nSPS) is 15.7. The molecular formula is C17H27NO2. The van der Waals surface area contributed by atoms with E-state index in [0.29, 0.717) is 19.3 Å². The van der Waals surface area contributed by atoms with Gasteiger partial charge in [0, 0.05) is 6.54 Å².